The van der Waals surface area contributed by atoms with E-state index in [4.69, 9.17) is 18.5 Å². The first-order chi connectivity index (χ1) is 25.2. The first kappa shape index (κ1) is 50.9. The van der Waals surface area contributed by atoms with Crippen molar-refractivity contribution in [2.45, 2.75) is 200 Å². The van der Waals surface area contributed by atoms with Gasteiger partial charge in [0.25, 0.3) is 0 Å². The molecule has 308 valence electrons. The van der Waals surface area contributed by atoms with Gasteiger partial charge in [0.05, 0.1) is 40.3 Å². The summed E-state index contributed by atoms with van der Waals surface area (Å²) in [5.41, 5.74) is 0. The lowest BCUT2D eigenvalue weighted by atomic mass is 10.0. The summed E-state index contributed by atoms with van der Waals surface area (Å²) in [6, 6.07) is 0. The van der Waals surface area contributed by atoms with Crippen molar-refractivity contribution in [2.24, 2.45) is 0 Å². The Morgan fingerprint density at radius 2 is 0.904 bits per heavy atom. The van der Waals surface area contributed by atoms with Crippen LogP contribution in [0.15, 0.2) is 36.8 Å². The van der Waals surface area contributed by atoms with E-state index in [-0.39, 0.29) is 19.8 Å². The second-order valence-electron chi connectivity index (χ2n) is 15.9. The molecule has 8 heteroatoms. The highest BCUT2D eigenvalue weighted by Crippen LogP contribution is 2.43. The number of ether oxygens (including phenoxy) is 2. The Labute approximate surface area is 323 Å². The predicted molar refractivity (Wildman–Crippen MR) is 223 cm³/mol. The summed E-state index contributed by atoms with van der Waals surface area (Å²) in [5.74, 6) is 0. The average molecular weight is 757 g/mol. The summed E-state index contributed by atoms with van der Waals surface area (Å²) in [5, 5.41) is 0. The fourth-order valence-corrected chi connectivity index (χ4v) is 6.66. The van der Waals surface area contributed by atoms with Crippen LogP contribution in [0.1, 0.15) is 194 Å². The van der Waals surface area contributed by atoms with E-state index in [1.54, 1.807) is 12.5 Å². The van der Waals surface area contributed by atoms with Gasteiger partial charge in [0.15, 0.2) is 6.10 Å². The number of allylic oxidation sites excluding steroid dienone is 4. The van der Waals surface area contributed by atoms with E-state index >= 15 is 0 Å². The largest absolute Gasteiger partial charge is 0.498 e. The first-order valence-electron chi connectivity index (χ1n) is 21.8. The van der Waals surface area contributed by atoms with Crippen LogP contribution in [0.5, 0.6) is 0 Å². The number of hydrogen-bond donors (Lipinski definition) is 1. The van der Waals surface area contributed by atoms with E-state index < -0.39 is 13.9 Å². The summed E-state index contributed by atoms with van der Waals surface area (Å²) < 4.78 is 35.2. The van der Waals surface area contributed by atoms with Crippen LogP contribution in [-0.2, 0) is 23.1 Å². The topological polar surface area (TPSA) is 74.2 Å². The molecule has 0 spiro atoms. The molecule has 0 heterocycles. The molecule has 0 saturated heterocycles. The highest BCUT2D eigenvalue weighted by Gasteiger charge is 2.25. The molecule has 2 atom stereocenters. The molecule has 0 saturated carbocycles. The molecule has 1 unspecified atom stereocenters. The van der Waals surface area contributed by atoms with Gasteiger partial charge in [0.1, 0.15) is 19.8 Å². The van der Waals surface area contributed by atoms with Crippen LogP contribution < -0.4 is 0 Å². The van der Waals surface area contributed by atoms with E-state index in [2.05, 4.69) is 32.1 Å². The zero-order valence-corrected chi connectivity index (χ0v) is 35.9. The maximum absolute atomic E-state index is 12.5. The number of hydrogen-bond acceptors (Lipinski definition) is 5. The van der Waals surface area contributed by atoms with Crippen molar-refractivity contribution in [2.75, 3.05) is 47.5 Å². The van der Waals surface area contributed by atoms with Crippen molar-refractivity contribution in [3.63, 3.8) is 0 Å². The van der Waals surface area contributed by atoms with Crippen LogP contribution in [-0.4, -0.2) is 63.0 Å². The SMILES string of the molecule is CCCCCC/C=C\CCCCCCCC/C=C\O[C@H](CO/C=C\CCCCCCCCCCCCCCCC)COP(=O)(O)OCC[N+](C)(C)C. The molecule has 0 radical (unpaired) electrons. The van der Waals surface area contributed by atoms with Crippen molar-refractivity contribution in [1.82, 2.24) is 0 Å². The maximum atomic E-state index is 12.5. The standard InChI is InChI=1S/C44H86NO6P/c1-6-8-10-12-14-16-18-20-22-24-26-28-30-32-34-36-39-48-42-44(43-51-52(46,47)50-41-38-45(3,4)5)49-40-37-35-33-31-29-27-25-23-21-19-17-15-13-11-9-7-2/h17,19,36-37,39-40,44H,6-16,18,20-35,38,41-43H2,1-5H3/p+1/b19-17-,39-36-,40-37-/t44-/m1/s1. The minimum atomic E-state index is -4.18. The van der Waals surface area contributed by atoms with Gasteiger partial charge in [0.2, 0.25) is 0 Å². The molecule has 0 aliphatic rings. The third kappa shape index (κ3) is 41.6. The number of unbranched alkanes of at least 4 members (excludes halogenated alkanes) is 25. The molecule has 0 aliphatic heterocycles. The minimum absolute atomic E-state index is 0.0939. The second-order valence-corrected chi connectivity index (χ2v) is 17.3. The number of rotatable bonds is 41. The van der Waals surface area contributed by atoms with Gasteiger partial charge in [-0.3, -0.25) is 9.05 Å². The lowest BCUT2D eigenvalue weighted by Gasteiger charge is -2.24. The van der Waals surface area contributed by atoms with Crippen LogP contribution >= 0.6 is 7.82 Å². The number of nitrogens with zero attached hydrogens (tertiary/aromatic N) is 1. The van der Waals surface area contributed by atoms with Gasteiger partial charge in [0, 0.05) is 0 Å². The van der Waals surface area contributed by atoms with Gasteiger partial charge in [-0.05, 0) is 63.5 Å². The number of likely N-dealkylation sites (N-methyl/N-ethyl adjacent to an activating group) is 1. The Bertz CT molecular complexity index is 871. The van der Waals surface area contributed by atoms with Crippen molar-refractivity contribution in [3.05, 3.63) is 36.8 Å². The van der Waals surface area contributed by atoms with Crippen LogP contribution in [0.3, 0.4) is 0 Å². The average Bonchev–Trinajstić information content (AvgIpc) is 3.10. The van der Waals surface area contributed by atoms with Gasteiger partial charge >= 0.3 is 7.82 Å². The van der Waals surface area contributed by atoms with E-state index in [0.29, 0.717) is 11.0 Å². The van der Waals surface area contributed by atoms with E-state index in [9.17, 15) is 9.46 Å². The Morgan fingerprint density at radius 3 is 1.35 bits per heavy atom. The number of phosphoric ester groups is 1. The lowest BCUT2D eigenvalue weighted by molar-refractivity contribution is -0.870. The minimum Gasteiger partial charge on any atom is -0.498 e. The summed E-state index contributed by atoms with van der Waals surface area (Å²) in [7, 11) is 1.83. The Morgan fingerprint density at radius 1 is 0.519 bits per heavy atom. The van der Waals surface area contributed by atoms with Crippen molar-refractivity contribution in [1.29, 1.82) is 0 Å². The fraction of sp³-hybridized carbons (Fsp3) is 0.864. The van der Waals surface area contributed by atoms with Gasteiger partial charge in [-0.1, -0.05) is 154 Å². The zero-order valence-electron chi connectivity index (χ0n) is 35.1. The molecule has 0 fully saturated rings. The monoisotopic (exact) mass is 757 g/mol. The molecule has 7 nitrogen and oxygen atoms in total. The van der Waals surface area contributed by atoms with E-state index in [1.807, 2.05) is 27.2 Å². The predicted octanol–water partition coefficient (Wildman–Crippen LogP) is 13.8. The van der Waals surface area contributed by atoms with Crippen molar-refractivity contribution >= 4 is 7.82 Å². The second kappa shape index (κ2) is 38.2. The Balaban J connectivity index is 4.21. The quantitative estimate of drug-likeness (QED) is 0.0220. The van der Waals surface area contributed by atoms with E-state index in [1.165, 1.54) is 154 Å². The van der Waals surface area contributed by atoms with Gasteiger partial charge in [-0.25, -0.2) is 4.57 Å². The molecular weight excluding hydrogens is 669 g/mol. The third-order valence-electron chi connectivity index (χ3n) is 9.39. The highest BCUT2D eigenvalue weighted by atomic mass is 31.2. The zero-order chi connectivity index (χ0) is 38.3. The summed E-state index contributed by atoms with van der Waals surface area (Å²) in [4.78, 5) is 10.2. The van der Waals surface area contributed by atoms with Crippen LogP contribution in [0, 0.1) is 0 Å². The Kier molecular flexibility index (Phi) is 37.4. The molecule has 0 aromatic carbocycles. The molecule has 52 heavy (non-hydrogen) atoms. The molecule has 0 aromatic heterocycles. The highest BCUT2D eigenvalue weighted by molar-refractivity contribution is 7.47. The van der Waals surface area contributed by atoms with Crippen LogP contribution in [0.2, 0.25) is 0 Å². The number of phosphoric acid groups is 1. The van der Waals surface area contributed by atoms with Gasteiger partial charge in [-0.15, -0.1) is 0 Å². The molecule has 0 aromatic rings. The molecule has 0 aliphatic carbocycles. The van der Waals surface area contributed by atoms with E-state index in [0.717, 1.165) is 25.7 Å². The van der Waals surface area contributed by atoms with Crippen LogP contribution in [0.4, 0.5) is 0 Å². The number of quaternary nitrogens is 1. The molecule has 0 rings (SSSR count). The molecule has 1 N–H and O–H groups in total. The normalized spacial score (nSPS) is 14.2. The van der Waals surface area contributed by atoms with Gasteiger partial charge < -0.3 is 18.9 Å². The summed E-state index contributed by atoms with van der Waals surface area (Å²) in [6.45, 7) is 5.41. The Hall–Kier alpha value is -1.11. The van der Waals surface area contributed by atoms with Crippen molar-refractivity contribution < 1.29 is 32.5 Å². The fourth-order valence-electron chi connectivity index (χ4n) is 5.92. The first-order valence-corrected chi connectivity index (χ1v) is 23.3. The maximum Gasteiger partial charge on any atom is 0.472 e. The van der Waals surface area contributed by atoms with Crippen molar-refractivity contribution in [3.8, 4) is 0 Å². The van der Waals surface area contributed by atoms with Crippen LogP contribution in [0.25, 0.3) is 0 Å². The summed E-state index contributed by atoms with van der Waals surface area (Å²) >= 11 is 0. The third-order valence-corrected chi connectivity index (χ3v) is 10.4. The smallest absolute Gasteiger partial charge is 0.472 e. The molecule has 0 bridgehead atoms. The lowest BCUT2D eigenvalue weighted by Crippen LogP contribution is -2.37. The molecule has 0 amide bonds. The van der Waals surface area contributed by atoms with Gasteiger partial charge in [-0.2, -0.15) is 0 Å². The molecular formula is C44H87NO6P+. The summed E-state index contributed by atoms with van der Waals surface area (Å²) in [6.07, 6.45) is 48.0.